The second kappa shape index (κ2) is 7.48. The van der Waals surface area contributed by atoms with Crippen LogP contribution < -0.4 is 5.32 Å². The fourth-order valence-electron chi connectivity index (χ4n) is 1.75. The molecule has 102 valence electrons. The summed E-state index contributed by atoms with van der Waals surface area (Å²) in [7, 11) is 0. The minimum absolute atomic E-state index is 0.504. The van der Waals surface area contributed by atoms with Crippen molar-refractivity contribution in [1.82, 2.24) is 5.32 Å². The molecular weight excluding hydrogens is 306 g/mol. The molecule has 1 aromatic heterocycles. The van der Waals surface area contributed by atoms with E-state index in [2.05, 4.69) is 28.2 Å². The van der Waals surface area contributed by atoms with Crippen molar-refractivity contribution in [1.29, 1.82) is 0 Å². The maximum absolute atomic E-state index is 5.69. The van der Waals surface area contributed by atoms with Crippen LogP contribution in [0.4, 0.5) is 0 Å². The lowest BCUT2D eigenvalue weighted by Gasteiger charge is -2.05. The lowest BCUT2D eigenvalue weighted by atomic mass is 10.2. The van der Waals surface area contributed by atoms with Gasteiger partial charge in [-0.1, -0.05) is 35.0 Å². The van der Waals surface area contributed by atoms with E-state index < -0.39 is 0 Å². The van der Waals surface area contributed by atoms with E-state index in [4.69, 9.17) is 9.15 Å². The van der Waals surface area contributed by atoms with Gasteiger partial charge in [0, 0.05) is 16.6 Å². The lowest BCUT2D eigenvalue weighted by molar-refractivity contribution is 0.0921. The van der Waals surface area contributed by atoms with Gasteiger partial charge >= 0.3 is 0 Å². The maximum Gasteiger partial charge on any atom is 0.133 e. The first kappa shape index (κ1) is 14.3. The van der Waals surface area contributed by atoms with E-state index in [1.165, 1.54) is 0 Å². The standard InChI is InChI=1S/C15H18BrNO2/c1-2-17-9-13-7-8-19-15(13)11-18-10-12-3-5-14(16)6-4-12/h3-8,17H,2,9-11H2,1H3. The molecule has 0 unspecified atom stereocenters. The van der Waals surface area contributed by atoms with E-state index in [0.717, 1.165) is 34.4 Å². The van der Waals surface area contributed by atoms with Crippen LogP contribution in [0, 0.1) is 0 Å². The number of furan rings is 1. The number of hydrogen-bond donors (Lipinski definition) is 1. The smallest absolute Gasteiger partial charge is 0.133 e. The molecule has 0 amide bonds. The number of benzene rings is 1. The Labute approximate surface area is 122 Å². The van der Waals surface area contributed by atoms with Gasteiger partial charge in [-0.15, -0.1) is 0 Å². The Hall–Kier alpha value is -1.10. The van der Waals surface area contributed by atoms with Gasteiger partial charge in [0.05, 0.1) is 12.9 Å². The fraction of sp³-hybridized carbons (Fsp3) is 0.333. The number of ether oxygens (including phenoxy) is 1. The van der Waals surface area contributed by atoms with Crippen molar-refractivity contribution in [2.45, 2.75) is 26.7 Å². The predicted octanol–water partition coefficient (Wildman–Crippen LogP) is 3.87. The number of hydrogen-bond acceptors (Lipinski definition) is 3. The van der Waals surface area contributed by atoms with Gasteiger partial charge in [0.2, 0.25) is 0 Å². The molecule has 4 heteroatoms. The Bertz CT molecular complexity index is 493. The van der Waals surface area contributed by atoms with Crippen LogP contribution in [0.15, 0.2) is 45.5 Å². The summed E-state index contributed by atoms with van der Waals surface area (Å²) in [5, 5.41) is 3.28. The molecule has 2 aromatic rings. The molecule has 0 spiro atoms. The van der Waals surface area contributed by atoms with Crippen LogP contribution in [-0.2, 0) is 24.5 Å². The van der Waals surface area contributed by atoms with Crippen LogP contribution in [0.5, 0.6) is 0 Å². The van der Waals surface area contributed by atoms with Crippen molar-refractivity contribution in [3.8, 4) is 0 Å². The topological polar surface area (TPSA) is 34.4 Å². The van der Waals surface area contributed by atoms with Crippen molar-refractivity contribution in [2.75, 3.05) is 6.54 Å². The zero-order valence-corrected chi connectivity index (χ0v) is 12.6. The summed E-state index contributed by atoms with van der Waals surface area (Å²) in [6, 6.07) is 10.1. The SMILES string of the molecule is CCNCc1ccoc1COCc1ccc(Br)cc1. The number of halogens is 1. The highest BCUT2D eigenvalue weighted by Crippen LogP contribution is 2.14. The van der Waals surface area contributed by atoms with Crippen LogP contribution in [-0.4, -0.2) is 6.54 Å². The third-order valence-corrected chi connectivity index (χ3v) is 3.35. The number of nitrogens with one attached hydrogen (secondary N) is 1. The third-order valence-electron chi connectivity index (χ3n) is 2.82. The molecule has 2 rings (SSSR count). The van der Waals surface area contributed by atoms with Crippen LogP contribution in [0.3, 0.4) is 0 Å². The Morgan fingerprint density at radius 2 is 1.95 bits per heavy atom. The van der Waals surface area contributed by atoms with Crippen molar-refractivity contribution < 1.29 is 9.15 Å². The van der Waals surface area contributed by atoms with Gasteiger partial charge < -0.3 is 14.5 Å². The zero-order chi connectivity index (χ0) is 13.5. The van der Waals surface area contributed by atoms with Gasteiger partial charge in [-0.25, -0.2) is 0 Å². The Morgan fingerprint density at radius 3 is 2.68 bits per heavy atom. The average Bonchev–Trinajstić information content (AvgIpc) is 2.86. The molecule has 1 N–H and O–H groups in total. The molecule has 3 nitrogen and oxygen atoms in total. The van der Waals surface area contributed by atoms with E-state index in [1.54, 1.807) is 6.26 Å². The molecule has 0 bridgehead atoms. The molecule has 0 aliphatic carbocycles. The Kier molecular flexibility index (Phi) is 5.63. The highest BCUT2D eigenvalue weighted by atomic mass is 79.9. The minimum Gasteiger partial charge on any atom is -0.467 e. The number of rotatable bonds is 7. The van der Waals surface area contributed by atoms with Crippen LogP contribution in [0.25, 0.3) is 0 Å². The van der Waals surface area contributed by atoms with Crippen LogP contribution >= 0.6 is 15.9 Å². The van der Waals surface area contributed by atoms with Gasteiger partial charge in [0.25, 0.3) is 0 Å². The first-order valence-electron chi connectivity index (χ1n) is 6.37. The van der Waals surface area contributed by atoms with Crippen molar-refractivity contribution in [3.05, 3.63) is 58.0 Å². The fourth-order valence-corrected chi connectivity index (χ4v) is 2.02. The van der Waals surface area contributed by atoms with Crippen LogP contribution in [0.1, 0.15) is 23.8 Å². The minimum atomic E-state index is 0.504. The summed E-state index contributed by atoms with van der Waals surface area (Å²) >= 11 is 3.42. The lowest BCUT2D eigenvalue weighted by Crippen LogP contribution is -2.12. The molecule has 0 saturated heterocycles. The first-order valence-corrected chi connectivity index (χ1v) is 7.17. The Balaban J connectivity index is 1.82. The predicted molar refractivity (Wildman–Crippen MR) is 78.7 cm³/mol. The molecule has 0 atom stereocenters. The van der Waals surface area contributed by atoms with Crippen molar-refractivity contribution >= 4 is 15.9 Å². The molecular formula is C15H18BrNO2. The van der Waals surface area contributed by atoms with E-state index in [0.29, 0.717) is 13.2 Å². The normalized spacial score (nSPS) is 10.8. The summed E-state index contributed by atoms with van der Waals surface area (Å²) in [6.07, 6.45) is 1.71. The second-order valence-corrected chi connectivity index (χ2v) is 5.18. The van der Waals surface area contributed by atoms with Gasteiger partial charge in [0.1, 0.15) is 12.4 Å². The van der Waals surface area contributed by atoms with Gasteiger partial charge in [-0.2, -0.15) is 0 Å². The quantitative estimate of drug-likeness (QED) is 0.840. The Morgan fingerprint density at radius 1 is 1.16 bits per heavy atom. The van der Waals surface area contributed by atoms with Gasteiger partial charge in [-0.3, -0.25) is 0 Å². The van der Waals surface area contributed by atoms with Crippen molar-refractivity contribution in [2.24, 2.45) is 0 Å². The average molecular weight is 324 g/mol. The summed E-state index contributed by atoms with van der Waals surface area (Å²) in [5.41, 5.74) is 2.32. The van der Waals surface area contributed by atoms with Gasteiger partial charge in [0.15, 0.2) is 0 Å². The molecule has 0 saturated carbocycles. The van der Waals surface area contributed by atoms with E-state index >= 15 is 0 Å². The van der Waals surface area contributed by atoms with Gasteiger partial charge in [-0.05, 0) is 30.3 Å². The highest BCUT2D eigenvalue weighted by molar-refractivity contribution is 9.10. The largest absolute Gasteiger partial charge is 0.467 e. The summed E-state index contributed by atoms with van der Waals surface area (Å²) in [4.78, 5) is 0. The molecule has 19 heavy (non-hydrogen) atoms. The van der Waals surface area contributed by atoms with E-state index in [1.807, 2.05) is 30.3 Å². The molecule has 0 aliphatic rings. The molecule has 1 aromatic carbocycles. The summed E-state index contributed by atoms with van der Waals surface area (Å²) in [6.45, 7) is 4.95. The van der Waals surface area contributed by atoms with Crippen LogP contribution in [0.2, 0.25) is 0 Å². The summed E-state index contributed by atoms with van der Waals surface area (Å²) < 4.78 is 12.2. The third kappa shape index (κ3) is 4.49. The zero-order valence-electron chi connectivity index (χ0n) is 11.0. The van der Waals surface area contributed by atoms with Crippen molar-refractivity contribution in [3.63, 3.8) is 0 Å². The monoisotopic (exact) mass is 323 g/mol. The highest BCUT2D eigenvalue weighted by Gasteiger charge is 2.06. The maximum atomic E-state index is 5.69. The summed E-state index contributed by atoms with van der Waals surface area (Å²) in [5.74, 6) is 0.901. The molecule has 0 fully saturated rings. The molecule has 1 heterocycles. The van der Waals surface area contributed by atoms with E-state index in [9.17, 15) is 0 Å². The first-order chi connectivity index (χ1) is 9.29. The van der Waals surface area contributed by atoms with E-state index in [-0.39, 0.29) is 0 Å². The second-order valence-electron chi connectivity index (χ2n) is 4.27. The molecule has 0 radical (unpaired) electrons. The molecule has 0 aliphatic heterocycles.